The van der Waals surface area contributed by atoms with E-state index in [0.717, 1.165) is 17.8 Å². The summed E-state index contributed by atoms with van der Waals surface area (Å²) in [7, 11) is 1.92. The Kier molecular flexibility index (Phi) is 10.8. The van der Waals surface area contributed by atoms with Crippen LogP contribution in [-0.4, -0.2) is 46.3 Å². The van der Waals surface area contributed by atoms with Crippen LogP contribution in [0.2, 0.25) is 0 Å². The highest BCUT2D eigenvalue weighted by Gasteiger charge is 2.31. The van der Waals surface area contributed by atoms with Gasteiger partial charge in [-0.3, -0.25) is 9.67 Å². The second-order valence-corrected chi connectivity index (χ2v) is 7.37. The summed E-state index contributed by atoms with van der Waals surface area (Å²) in [6.07, 6.45) is -4.95. The van der Waals surface area contributed by atoms with Gasteiger partial charge in [-0.25, -0.2) is 0 Å². The van der Waals surface area contributed by atoms with E-state index in [1.54, 1.807) is 0 Å². The SMILES string of the molecule is CCNC(=NCC(O)c1ccc(OC(F)(F)F)cc1)NC(C)Cc1c(C)nn(C)c1C.I. The Morgan fingerprint density at radius 2 is 1.88 bits per heavy atom. The van der Waals surface area contributed by atoms with Crippen molar-refractivity contribution in [1.29, 1.82) is 0 Å². The zero-order valence-corrected chi connectivity index (χ0v) is 21.2. The maximum absolute atomic E-state index is 12.3. The van der Waals surface area contributed by atoms with Crippen molar-refractivity contribution < 1.29 is 23.0 Å². The topological polar surface area (TPSA) is 83.7 Å². The number of benzene rings is 1. The molecule has 11 heteroatoms. The van der Waals surface area contributed by atoms with E-state index in [2.05, 4.69) is 25.5 Å². The molecule has 0 radical (unpaired) electrons. The number of aliphatic imine (C=N–C) groups is 1. The molecule has 0 aliphatic rings. The van der Waals surface area contributed by atoms with Crippen molar-refractivity contribution in [3.63, 3.8) is 0 Å². The number of nitrogens with zero attached hydrogens (tertiary/aromatic N) is 3. The molecule has 2 rings (SSSR count). The Morgan fingerprint density at radius 3 is 2.38 bits per heavy atom. The molecule has 2 atom stereocenters. The minimum Gasteiger partial charge on any atom is -0.406 e. The molecule has 180 valence electrons. The van der Waals surface area contributed by atoms with Crippen LogP contribution in [0, 0.1) is 13.8 Å². The van der Waals surface area contributed by atoms with E-state index in [4.69, 9.17) is 0 Å². The van der Waals surface area contributed by atoms with Gasteiger partial charge in [-0.2, -0.15) is 5.10 Å². The molecule has 0 saturated carbocycles. The van der Waals surface area contributed by atoms with Gasteiger partial charge < -0.3 is 20.5 Å². The van der Waals surface area contributed by atoms with Crippen LogP contribution in [0.5, 0.6) is 5.75 Å². The lowest BCUT2D eigenvalue weighted by molar-refractivity contribution is -0.274. The highest BCUT2D eigenvalue weighted by atomic mass is 127. The van der Waals surface area contributed by atoms with Crippen LogP contribution in [0.1, 0.15) is 42.5 Å². The lowest BCUT2D eigenvalue weighted by Gasteiger charge is -2.19. The number of halogens is 4. The van der Waals surface area contributed by atoms with E-state index in [-0.39, 0.29) is 42.3 Å². The minimum atomic E-state index is -4.75. The predicted molar refractivity (Wildman–Crippen MR) is 128 cm³/mol. The van der Waals surface area contributed by atoms with Crippen molar-refractivity contribution in [2.24, 2.45) is 12.0 Å². The van der Waals surface area contributed by atoms with Crippen molar-refractivity contribution in [3.8, 4) is 5.75 Å². The maximum atomic E-state index is 12.3. The van der Waals surface area contributed by atoms with Crippen molar-refractivity contribution in [2.45, 2.75) is 52.6 Å². The molecule has 32 heavy (non-hydrogen) atoms. The van der Waals surface area contributed by atoms with E-state index in [1.807, 2.05) is 39.4 Å². The second kappa shape index (κ2) is 12.3. The second-order valence-electron chi connectivity index (χ2n) is 7.37. The summed E-state index contributed by atoms with van der Waals surface area (Å²) in [4.78, 5) is 4.42. The zero-order chi connectivity index (χ0) is 23.2. The number of rotatable bonds is 8. The number of hydrogen-bond donors (Lipinski definition) is 3. The third-order valence-electron chi connectivity index (χ3n) is 4.82. The fraction of sp³-hybridized carbons (Fsp3) is 0.524. The summed E-state index contributed by atoms with van der Waals surface area (Å²) in [6, 6.07) is 5.17. The van der Waals surface area contributed by atoms with Crippen molar-refractivity contribution in [3.05, 3.63) is 46.8 Å². The van der Waals surface area contributed by atoms with Gasteiger partial charge in [-0.15, -0.1) is 37.1 Å². The Hall–Kier alpha value is -2.02. The van der Waals surface area contributed by atoms with Gasteiger partial charge in [0.05, 0.1) is 18.3 Å². The van der Waals surface area contributed by atoms with Gasteiger partial charge in [-0.05, 0) is 57.4 Å². The average molecular weight is 569 g/mol. The lowest BCUT2D eigenvalue weighted by atomic mass is 10.1. The minimum absolute atomic E-state index is 0. The quantitative estimate of drug-likeness (QED) is 0.256. The van der Waals surface area contributed by atoms with Crippen LogP contribution in [0.3, 0.4) is 0 Å². The summed E-state index contributed by atoms with van der Waals surface area (Å²) in [5.74, 6) is 0.210. The Labute approximate surface area is 203 Å². The lowest BCUT2D eigenvalue weighted by Crippen LogP contribution is -2.43. The fourth-order valence-electron chi connectivity index (χ4n) is 3.20. The Bertz CT molecular complexity index is 885. The van der Waals surface area contributed by atoms with Gasteiger partial charge in [-0.1, -0.05) is 12.1 Å². The molecular formula is C21H31F3IN5O2. The van der Waals surface area contributed by atoms with Crippen LogP contribution >= 0.6 is 24.0 Å². The third-order valence-corrected chi connectivity index (χ3v) is 4.82. The average Bonchev–Trinajstić information content (AvgIpc) is 2.91. The number of hydrogen-bond acceptors (Lipinski definition) is 4. The number of aliphatic hydroxyl groups is 1. The van der Waals surface area contributed by atoms with Gasteiger partial charge in [0, 0.05) is 25.3 Å². The smallest absolute Gasteiger partial charge is 0.406 e. The molecule has 2 aromatic rings. The van der Waals surface area contributed by atoms with Gasteiger partial charge in [0.2, 0.25) is 0 Å². The number of guanidine groups is 1. The van der Waals surface area contributed by atoms with Crippen LogP contribution in [0.15, 0.2) is 29.3 Å². The number of ether oxygens (including phenoxy) is 1. The first-order valence-corrected chi connectivity index (χ1v) is 10.1. The van der Waals surface area contributed by atoms with E-state index in [9.17, 15) is 18.3 Å². The molecule has 0 spiro atoms. The van der Waals surface area contributed by atoms with Crippen molar-refractivity contribution in [1.82, 2.24) is 20.4 Å². The maximum Gasteiger partial charge on any atom is 0.573 e. The fourth-order valence-corrected chi connectivity index (χ4v) is 3.20. The number of aliphatic hydroxyl groups excluding tert-OH is 1. The molecule has 0 bridgehead atoms. The highest BCUT2D eigenvalue weighted by Crippen LogP contribution is 2.24. The standard InChI is InChI=1S/C21H30F3N5O2.HI/c1-6-25-20(27-13(2)11-18-14(3)28-29(5)15(18)4)26-12-19(30)16-7-9-17(10-8-16)31-21(22,23)24;/h7-10,13,19,30H,6,11-12H2,1-5H3,(H2,25,26,27);1H. The number of aryl methyl sites for hydroxylation is 2. The molecule has 3 N–H and O–H groups in total. The normalized spacial score (nSPS) is 13.8. The first kappa shape index (κ1) is 28.0. The van der Waals surface area contributed by atoms with E-state index < -0.39 is 12.5 Å². The van der Waals surface area contributed by atoms with E-state index in [1.165, 1.54) is 29.8 Å². The summed E-state index contributed by atoms with van der Waals surface area (Å²) >= 11 is 0. The molecule has 7 nitrogen and oxygen atoms in total. The summed E-state index contributed by atoms with van der Waals surface area (Å²) in [5, 5.41) is 21.3. The van der Waals surface area contributed by atoms with Gasteiger partial charge in [0.25, 0.3) is 0 Å². The molecule has 1 heterocycles. The molecule has 1 aromatic heterocycles. The van der Waals surface area contributed by atoms with E-state index >= 15 is 0 Å². The molecule has 0 amide bonds. The van der Waals surface area contributed by atoms with E-state index in [0.29, 0.717) is 18.1 Å². The number of aromatic nitrogens is 2. The summed E-state index contributed by atoms with van der Waals surface area (Å²) < 4.78 is 42.5. The van der Waals surface area contributed by atoms with Gasteiger partial charge in [0.1, 0.15) is 5.75 Å². The zero-order valence-electron chi connectivity index (χ0n) is 18.8. The molecule has 0 aliphatic heterocycles. The molecular weight excluding hydrogens is 538 g/mol. The van der Waals surface area contributed by atoms with Crippen LogP contribution in [0.4, 0.5) is 13.2 Å². The first-order chi connectivity index (χ1) is 14.5. The van der Waals surface area contributed by atoms with Gasteiger partial charge in [0.15, 0.2) is 5.96 Å². The summed E-state index contributed by atoms with van der Waals surface area (Å²) in [5.41, 5.74) is 3.73. The largest absolute Gasteiger partial charge is 0.573 e. The molecule has 2 unspecified atom stereocenters. The van der Waals surface area contributed by atoms with Crippen molar-refractivity contribution >= 4 is 29.9 Å². The Balaban J connectivity index is 0.00000512. The van der Waals surface area contributed by atoms with Crippen LogP contribution in [-0.2, 0) is 13.5 Å². The number of nitrogens with one attached hydrogen (secondary N) is 2. The molecule has 0 aliphatic carbocycles. The van der Waals surface area contributed by atoms with Crippen molar-refractivity contribution in [2.75, 3.05) is 13.1 Å². The number of alkyl halides is 3. The predicted octanol–water partition coefficient (Wildman–Crippen LogP) is 3.77. The molecule has 0 saturated heterocycles. The molecule has 1 aromatic carbocycles. The van der Waals surface area contributed by atoms with Gasteiger partial charge >= 0.3 is 6.36 Å². The monoisotopic (exact) mass is 569 g/mol. The summed E-state index contributed by atoms with van der Waals surface area (Å²) in [6.45, 7) is 8.68. The third kappa shape index (κ3) is 8.49. The highest BCUT2D eigenvalue weighted by molar-refractivity contribution is 14.0. The van der Waals surface area contributed by atoms with Crippen LogP contribution in [0.25, 0.3) is 0 Å². The molecule has 0 fully saturated rings. The van der Waals surface area contributed by atoms with Crippen LogP contribution < -0.4 is 15.4 Å². The Morgan fingerprint density at radius 1 is 1.25 bits per heavy atom. The first-order valence-electron chi connectivity index (χ1n) is 10.1.